The molecule has 0 radical (unpaired) electrons. The molecule has 8 nitrogen and oxygen atoms in total. The van der Waals surface area contributed by atoms with Gasteiger partial charge in [0.25, 0.3) is 0 Å². The first-order valence-corrected chi connectivity index (χ1v) is 10.2. The van der Waals surface area contributed by atoms with Gasteiger partial charge >= 0.3 is 5.69 Å². The summed E-state index contributed by atoms with van der Waals surface area (Å²) in [7, 11) is 1.36. The van der Waals surface area contributed by atoms with Crippen LogP contribution in [-0.2, 0) is 6.54 Å². The summed E-state index contributed by atoms with van der Waals surface area (Å²) in [6.07, 6.45) is 3.63. The predicted octanol–water partition coefficient (Wildman–Crippen LogP) is 5.16. The van der Waals surface area contributed by atoms with E-state index in [9.17, 15) is 14.5 Å². The molecule has 162 valence electrons. The van der Waals surface area contributed by atoms with E-state index in [4.69, 9.17) is 4.74 Å². The first-order valence-electron chi connectivity index (χ1n) is 10.2. The molecule has 0 saturated heterocycles. The van der Waals surface area contributed by atoms with Crippen LogP contribution < -0.4 is 10.1 Å². The zero-order valence-corrected chi connectivity index (χ0v) is 17.3. The maximum Gasteiger partial charge on any atom is 0.307 e. The molecule has 0 bridgehead atoms. The molecule has 4 aromatic rings. The Morgan fingerprint density at radius 3 is 2.91 bits per heavy atom. The van der Waals surface area contributed by atoms with Crippen LogP contribution in [0.3, 0.4) is 0 Å². The van der Waals surface area contributed by atoms with Crippen LogP contribution in [0.2, 0.25) is 0 Å². The molecule has 3 heterocycles. The first kappa shape index (κ1) is 19.9. The molecule has 0 fully saturated rings. The summed E-state index contributed by atoms with van der Waals surface area (Å²) in [6, 6.07) is 14.5. The molecule has 32 heavy (non-hydrogen) atoms. The molecule has 0 spiro atoms. The zero-order valence-electron chi connectivity index (χ0n) is 17.3. The quantitative estimate of drug-likeness (QED) is 0.345. The molecule has 9 heteroatoms. The Kier molecular flexibility index (Phi) is 4.93. The molecule has 1 aliphatic rings. The number of nitro benzene ring substituents is 1. The van der Waals surface area contributed by atoms with Crippen molar-refractivity contribution < 1.29 is 14.1 Å². The minimum absolute atomic E-state index is 0.101. The van der Waals surface area contributed by atoms with Gasteiger partial charge in [0.2, 0.25) is 11.8 Å². The fourth-order valence-electron chi connectivity index (χ4n) is 4.37. The lowest BCUT2D eigenvalue weighted by atomic mass is 9.92. The number of rotatable bonds is 5. The highest BCUT2D eigenvalue weighted by Gasteiger charge is 2.26. The van der Waals surface area contributed by atoms with Crippen molar-refractivity contribution in [2.24, 2.45) is 0 Å². The molecule has 0 saturated carbocycles. The third kappa shape index (κ3) is 3.41. The number of fused-ring (bicyclic) bond motifs is 3. The van der Waals surface area contributed by atoms with E-state index in [1.54, 1.807) is 6.20 Å². The molecule has 2 aromatic carbocycles. The number of aryl methyl sites for hydroxylation is 1. The Labute approximate surface area is 182 Å². The number of nitrogens with one attached hydrogen (secondary N) is 1. The molecule has 0 aliphatic carbocycles. The number of nitro groups is 1. The molecular weight excluding hydrogens is 413 g/mol. The highest BCUT2D eigenvalue weighted by molar-refractivity contribution is 5.81. The van der Waals surface area contributed by atoms with Crippen molar-refractivity contribution in [2.45, 2.75) is 25.3 Å². The van der Waals surface area contributed by atoms with Gasteiger partial charge in [-0.25, -0.2) is 9.97 Å². The third-order valence-corrected chi connectivity index (χ3v) is 5.82. The number of ether oxygens (including phenoxy) is 1. The van der Waals surface area contributed by atoms with E-state index in [-0.39, 0.29) is 23.3 Å². The number of nitrogens with zero attached hydrogens (tertiary/aromatic N) is 4. The molecule has 1 aliphatic heterocycles. The van der Waals surface area contributed by atoms with E-state index in [0.717, 1.165) is 37.2 Å². The van der Waals surface area contributed by atoms with E-state index in [1.807, 2.05) is 18.2 Å². The average molecular weight is 433 g/mol. The normalized spacial score (nSPS) is 15.4. The number of benzene rings is 2. The lowest BCUT2D eigenvalue weighted by molar-refractivity contribution is -0.387. The second-order valence-corrected chi connectivity index (χ2v) is 7.67. The Morgan fingerprint density at radius 2 is 2.09 bits per heavy atom. The number of anilines is 2. The van der Waals surface area contributed by atoms with Crippen molar-refractivity contribution in [3.05, 3.63) is 82.0 Å². The van der Waals surface area contributed by atoms with Crippen molar-refractivity contribution in [3.8, 4) is 5.75 Å². The number of hydrogen-bond acceptors (Lipinski definition) is 6. The van der Waals surface area contributed by atoms with Crippen molar-refractivity contribution >= 4 is 28.2 Å². The summed E-state index contributed by atoms with van der Waals surface area (Å²) in [4.78, 5) is 19.3. The molecular formula is C23H20FN5O3. The van der Waals surface area contributed by atoms with Crippen LogP contribution in [0.1, 0.15) is 30.1 Å². The lowest BCUT2D eigenvalue weighted by Gasteiger charge is -2.25. The summed E-state index contributed by atoms with van der Waals surface area (Å²) in [6.45, 7) is 0.964. The smallest absolute Gasteiger partial charge is 0.307 e. The minimum atomic E-state index is -0.970. The molecule has 1 atom stereocenters. The number of para-hydroxylation sites is 1. The van der Waals surface area contributed by atoms with E-state index >= 15 is 0 Å². The minimum Gasteiger partial charge on any atom is -0.494 e. The van der Waals surface area contributed by atoms with Crippen LogP contribution in [0.5, 0.6) is 5.75 Å². The number of aromatic nitrogens is 3. The van der Waals surface area contributed by atoms with Gasteiger partial charge in [-0.2, -0.15) is 4.39 Å². The number of hydrogen-bond donors (Lipinski definition) is 1. The summed E-state index contributed by atoms with van der Waals surface area (Å²) < 4.78 is 21.5. The van der Waals surface area contributed by atoms with Crippen LogP contribution in [-0.4, -0.2) is 26.6 Å². The monoisotopic (exact) mass is 433 g/mol. The Morgan fingerprint density at radius 1 is 1.25 bits per heavy atom. The SMILES string of the molecule is COc1cc(F)c([N+](=O)[O-])cc1Nc1nccc(C2CCCn3c2cc2ccccc23)n1. The average Bonchev–Trinajstić information content (AvgIpc) is 3.19. The van der Waals surface area contributed by atoms with Gasteiger partial charge in [-0.3, -0.25) is 10.1 Å². The van der Waals surface area contributed by atoms with Gasteiger partial charge < -0.3 is 14.6 Å². The van der Waals surface area contributed by atoms with Crippen molar-refractivity contribution in [1.29, 1.82) is 0 Å². The van der Waals surface area contributed by atoms with Crippen molar-refractivity contribution in [2.75, 3.05) is 12.4 Å². The molecule has 2 aromatic heterocycles. The van der Waals surface area contributed by atoms with E-state index in [2.05, 4.69) is 38.1 Å². The molecule has 1 N–H and O–H groups in total. The highest BCUT2D eigenvalue weighted by atomic mass is 19.1. The molecule has 5 rings (SSSR count). The van der Waals surface area contributed by atoms with E-state index < -0.39 is 16.4 Å². The van der Waals surface area contributed by atoms with Gasteiger partial charge in [0.1, 0.15) is 5.75 Å². The number of methoxy groups -OCH3 is 1. The Hall–Kier alpha value is -4.01. The van der Waals surface area contributed by atoms with Gasteiger partial charge in [-0.1, -0.05) is 18.2 Å². The summed E-state index contributed by atoms with van der Waals surface area (Å²) in [5.41, 5.74) is 2.83. The van der Waals surface area contributed by atoms with Gasteiger partial charge in [-0.05, 0) is 36.4 Å². The Bertz CT molecular complexity index is 1340. The van der Waals surface area contributed by atoms with Crippen LogP contribution in [0.4, 0.5) is 21.7 Å². The van der Waals surface area contributed by atoms with Gasteiger partial charge in [0.05, 0.1) is 23.4 Å². The topological polar surface area (TPSA) is 95.1 Å². The maximum absolute atomic E-state index is 14.0. The number of halogens is 1. The lowest BCUT2D eigenvalue weighted by Crippen LogP contribution is -2.17. The van der Waals surface area contributed by atoms with E-state index in [1.165, 1.54) is 23.7 Å². The van der Waals surface area contributed by atoms with Crippen LogP contribution in [0.25, 0.3) is 10.9 Å². The van der Waals surface area contributed by atoms with Crippen LogP contribution >= 0.6 is 0 Å². The summed E-state index contributed by atoms with van der Waals surface area (Å²) >= 11 is 0. The van der Waals surface area contributed by atoms with Crippen LogP contribution in [0, 0.1) is 15.9 Å². The standard InChI is InChI=1S/C23H20FN5O3/c1-32-22-12-16(24)21(29(30)31)13-18(22)27-23-25-9-8-17(26-23)15-6-4-10-28-19-7-3-2-5-14(19)11-20(15)28/h2-3,5,7-9,11-13,15H,4,6,10H2,1H3,(H,25,26,27). The third-order valence-electron chi connectivity index (χ3n) is 5.82. The van der Waals surface area contributed by atoms with E-state index in [0.29, 0.717) is 0 Å². The Balaban J connectivity index is 1.51. The van der Waals surface area contributed by atoms with Gasteiger partial charge in [-0.15, -0.1) is 0 Å². The van der Waals surface area contributed by atoms with Gasteiger partial charge in [0.15, 0.2) is 0 Å². The zero-order chi connectivity index (χ0) is 22.2. The van der Waals surface area contributed by atoms with Crippen molar-refractivity contribution in [3.63, 3.8) is 0 Å². The fraction of sp³-hybridized carbons (Fsp3) is 0.217. The highest BCUT2D eigenvalue weighted by Crippen LogP contribution is 2.37. The fourth-order valence-corrected chi connectivity index (χ4v) is 4.37. The second-order valence-electron chi connectivity index (χ2n) is 7.67. The largest absolute Gasteiger partial charge is 0.494 e. The first-order chi connectivity index (χ1) is 15.5. The molecule has 1 unspecified atom stereocenters. The maximum atomic E-state index is 14.0. The van der Waals surface area contributed by atoms with Crippen LogP contribution in [0.15, 0.2) is 54.7 Å². The van der Waals surface area contributed by atoms with Crippen molar-refractivity contribution in [1.82, 2.24) is 14.5 Å². The molecule has 0 amide bonds. The summed E-state index contributed by atoms with van der Waals surface area (Å²) in [5.74, 6) is -0.485. The summed E-state index contributed by atoms with van der Waals surface area (Å²) in [5, 5.41) is 15.3. The second kappa shape index (κ2) is 7.92. The van der Waals surface area contributed by atoms with Gasteiger partial charge in [0, 0.05) is 42.0 Å². The predicted molar refractivity (Wildman–Crippen MR) is 118 cm³/mol.